The Morgan fingerprint density at radius 1 is 1.45 bits per heavy atom. The number of piperidine rings is 1. The van der Waals surface area contributed by atoms with Gasteiger partial charge in [-0.3, -0.25) is 9.69 Å². The third kappa shape index (κ3) is 3.22. The maximum Gasteiger partial charge on any atom is 0.234 e. The highest BCUT2D eigenvalue weighted by Gasteiger charge is 2.35. The van der Waals surface area contributed by atoms with Gasteiger partial charge in [0.15, 0.2) is 0 Å². The molecule has 2 aliphatic heterocycles. The quantitative estimate of drug-likeness (QED) is 0.846. The van der Waals surface area contributed by atoms with Crippen molar-refractivity contribution in [2.75, 3.05) is 13.6 Å². The van der Waals surface area contributed by atoms with Gasteiger partial charge in [0.2, 0.25) is 5.91 Å². The van der Waals surface area contributed by atoms with Crippen molar-refractivity contribution >= 4 is 5.91 Å². The molecular weight excluding hydrogens is 254 g/mol. The smallest absolute Gasteiger partial charge is 0.234 e. The first-order valence-electron chi connectivity index (χ1n) is 7.46. The van der Waals surface area contributed by atoms with Crippen LogP contribution in [0.5, 0.6) is 0 Å². The van der Waals surface area contributed by atoms with E-state index < -0.39 is 0 Å². The van der Waals surface area contributed by atoms with E-state index in [0.717, 1.165) is 5.76 Å². The summed E-state index contributed by atoms with van der Waals surface area (Å²) in [6, 6.07) is 5.55. The van der Waals surface area contributed by atoms with Gasteiger partial charge in [0.1, 0.15) is 5.76 Å². The van der Waals surface area contributed by atoms with Gasteiger partial charge in [-0.15, -0.1) is 0 Å². The van der Waals surface area contributed by atoms with Crippen LogP contribution in [0.3, 0.4) is 0 Å². The number of nitrogens with zero attached hydrogens (tertiary/aromatic N) is 1. The summed E-state index contributed by atoms with van der Waals surface area (Å²) in [6.07, 6.45) is 6.54. The van der Waals surface area contributed by atoms with E-state index in [0.29, 0.717) is 31.2 Å². The molecule has 2 bridgehead atoms. The number of fused-ring (bicyclic) bond motifs is 2. The zero-order chi connectivity index (χ0) is 13.9. The second-order valence-electron chi connectivity index (χ2n) is 6.03. The van der Waals surface area contributed by atoms with Gasteiger partial charge in [0.05, 0.1) is 19.4 Å². The average Bonchev–Trinajstić information content (AvgIpc) is 3.06. The molecule has 2 N–H and O–H groups in total. The van der Waals surface area contributed by atoms with E-state index in [2.05, 4.69) is 22.6 Å². The molecule has 1 aromatic rings. The van der Waals surface area contributed by atoms with E-state index in [4.69, 9.17) is 4.42 Å². The summed E-state index contributed by atoms with van der Waals surface area (Å²) in [4.78, 5) is 14.2. The van der Waals surface area contributed by atoms with Crippen LogP contribution in [-0.2, 0) is 11.3 Å². The van der Waals surface area contributed by atoms with Gasteiger partial charge in [-0.1, -0.05) is 0 Å². The van der Waals surface area contributed by atoms with Crippen LogP contribution in [0.4, 0.5) is 0 Å². The first-order chi connectivity index (χ1) is 9.70. The number of hydrogen-bond acceptors (Lipinski definition) is 4. The van der Waals surface area contributed by atoms with Crippen molar-refractivity contribution in [3.63, 3.8) is 0 Å². The standard InChI is InChI=1S/C15H23N3O2/c1-18(13-7-11-4-5-12(8-13)17-11)10-15(19)16-9-14-3-2-6-20-14/h2-3,6,11-13,17H,4-5,7-10H2,1H3,(H,16,19). The number of carbonyl (C=O) groups excluding carboxylic acids is 1. The van der Waals surface area contributed by atoms with Gasteiger partial charge in [0.25, 0.3) is 0 Å². The second kappa shape index (κ2) is 5.97. The fraction of sp³-hybridized carbons (Fsp3) is 0.667. The maximum atomic E-state index is 12.0. The summed E-state index contributed by atoms with van der Waals surface area (Å²) in [6.45, 7) is 0.933. The predicted octanol–water partition coefficient (Wildman–Crippen LogP) is 1.11. The monoisotopic (exact) mass is 277 g/mol. The summed E-state index contributed by atoms with van der Waals surface area (Å²) in [5.74, 6) is 0.857. The van der Waals surface area contributed by atoms with Crippen molar-refractivity contribution in [3.8, 4) is 0 Å². The lowest BCUT2D eigenvalue weighted by molar-refractivity contribution is -0.122. The van der Waals surface area contributed by atoms with Gasteiger partial charge in [-0.25, -0.2) is 0 Å². The number of furan rings is 1. The Balaban J connectivity index is 1.43. The molecule has 110 valence electrons. The van der Waals surface area contributed by atoms with Crippen molar-refractivity contribution in [1.29, 1.82) is 0 Å². The maximum absolute atomic E-state index is 12.0. The number of amides is 1. The molecule has 5 heteroatoms. The summed E-state index contributed by atoms with van der Waals surface area (Å²) >= 11 is 0. The number of carbonyl (C=O) groups is 1. The van der Waals surface area contributed by atoms with Gasteiger partial charge in [-0.05, 0) is 44.9 Å². The highest BCUT2D eigenvalue weighted by Crippen LogP contribution is 2.29. The SMILES string of the molecule is CN(CC(=O)NCc1ccco1)C1CC2CCC(C1)N2. The van der Waals surface area contributed by atoms with Crippen LogP contribution in [0.25, 0.3) is 0 Å². The molecular formula is C15H23N3O2. The molecule has 0 spiro atoms. The molecule has 1 aromatic heterocycles. The van der Waals surface area contributed by atoms with Crippen LogP contribution >= 0.6 is 0 Å². The molecule has 2 saturated heterocycles. The molecule has 0 radical (unpaired) electrons. The molecule has 0 aliphatic carbocycles. The van der Waals surface area contributed by atoms with Crippen molar-refractivity contribution in [1.82, 2.24) is 15.5 Å². The Labute approximate surface area is 119 Å². The molecule has 5 nitrogen and oxygen atoms in total. The molecule has 2 fully saturated rings. The lowest BCUT2D eigenvalue weighted by Gasteiger charge is -2.35. The molecule has 1 amide bonds. The highest BCUT2D eigenvalue weighted by molar-refractivity contribution is 5.77. The fourth-order valence-corrected chi connectivity index (χ4v) is 3.40. The Bertz CT molecular complexity index is 434. The minimum atomic E-state index is 0.0646. The lowest BCUT2D eigenvalue weighted by Crippen LogP contribution is -2.49. The number of nitrogens with one attached hydrogen (secondary N) is 2. The molecule has 3 rings (SSSR count). The molecule has 0 saturated carbocycles. The van der Waals surface area contributed by atoms with Crippen LogP contribution in [0.1, 0.15) is 31.4 Å². The average molecular weight is 277 g/mol. The van der Waals surface area contributed by atoms with Crippen molar-refractivity contribution < 1.29 is 9.21 Å². The van der Waals surface area contributed by atoms with E-state index in [-0.39, 0.29) is 5.91 Å². The van der Waals surface area contributed by atoms with Crippen LogP contribution in [-0.4, -0.2) is 42.5 Å². The highest BCUT2D eigenvalue weighted by atomic mass is 16.3. The number of rotatable bonds is 5. The zero-order valence-corrected chi connectivity index (χ0v) is 12.0. The molecule has 20 heavy (non-hydrogen) atoms. The van der Waals surface area contributed by atoms with Crippen molar-refractivity contribution in [2.24, 2.45) is 0 Å². The van der Waals surface area contributed by atoms with Crippen molar-refractivity contribution in [2.45, 2.75) is 50.4 Å². The number of likely N-dealkylation sites (N-methyl/N-ethyl adjacent to an activating group) is 1. The van der Waals surface area contributed by atoms with Gasteiger partial charge >= 0.3 is 0 Å². The van der Waals surface area contributed by atoms with Crippen molar-refractivity contribution in [3.05, 3.63) is 24.2 Å². The van der Waals surface area contributed by atoms with E-state index in [1.165, 1.54) is 25.7 Å². The summed E-state index contributed by atoms with van der Waals surface area (Å²) < 4.78 is 5.20. The lowest BCUT2D eigenvalue weighted by atomic mass is 9.98. The van der Waals surface area contributed by atoms with E-state index in [1.807, 2.05) is 12.1 Å². The third-order valence-corrected chi connectivity index (χ3v) is 4.50. The predicted molar refractivity (Wildman–Crippen MR) is 76.2 cm³/mol. The summed E-state index contributed by atoms with van der Waals surface area (Å²) in [7, 11) is 2.06. The number of hydrogen-bond donors (Lipinski definition) is 2. The summed E-state index contributed by atoms with van der Waals surface area (Å²) in [5.41, 5.74) is 0. The van der Waals surface area contributed by atoms with Gasteiger partial charge < -0.3 is 15.1 Å². The van der Waals surface area contributed by atoms with Crippen LogP contribution in [0.2, 0.25) is 0 Å². The molecule has 3 heterocycles. The molecule has 2 atom stereocenters. The van der Waals surface area contributed by atoms with Gasteiger partial charge in [0, 0.05) is 18.1 Å². The third-order valence-electron chi connectivity index (χ3n) is 4.50. The van der Waals surface area contributed by atoms with Gasteiger partial charge in [-0.2, -0.15) is 0 Å². The van der Waals surface area contributed by atoms with Crippen LogP contribution < -0.4 is 10.6 Å². The second-order valence-corrected chi connectivity index (χ2v) is 6.03. The topological polar surface area (TPSA) is 57.5 Å². The first-order valence-corrected chi connectivity index (χ1v) is 7.46. The summed E-state index contributed by atoms with van der Waals surface area (Å²) in [5, 5.41) is 6.54. The Kier molecular flexibility index (Phi) is 4.08. The first kappa shape index (κ1) is 13.6. The zero-order valence-electron chi connectivity index (χ0n) is 12.0. The van der Waals surface area contributed by atoms with E-state index in [9.17, 15) is 4.79 Å². The molecule has 2 aliphatic rings. The fourth-order valence-electron chi connectivity index (χ4n) is 3.40. The Morgan fingerprint density at radius 2 is 2.20 bits per heavy atom. The van der Waals surface area contributed by atoms with Crippen LogP contribution in [0, 0.1) is 0 Å². The Hall–Kier alpha value is -1.33. The molecule has 0 aromatic carbocycles. The van der Waals surface area contributed by atoms with E-state index in [1.54, 1.807) is 6.26 Å². The largest absolute Gasteiger partial charge is 0.467 e. The normalized spacial score (nSPS) is 28.8. The Morgan fingerprint density at radius 3 is 2.85 bits per heavy atom. The minimum Gasteiger partial charge on any atom is -0.467 e. The van der Waals surface area contributed by atoms with Crippen LogP contribution in [0.15, 0.2) is 22.8 Å². The molecule has 2 unspecified atom stereocenters. The van der Waals surface area contributed by atoms with E-state index >= 15 is 0 Å². The minimum absolute atomic E-state index is 0.0646.